The number of aromatic nitrogens is 3. The van der Waals surface area contributed by atoms with E-state index in [1.165, 1.54) is 17.0 Å². The van der Waals surface area contributed by atoms with Crippen molar-refractivity contribution in [3.63, 3.8) is 0 Å². The lowest BCUT2D eigenvalue weighted by atomic mass is 10.2. The first-order valence-electron chi connectivity index (χ1n) is 6.45. The van der Waals surface area contributed by atoms with Gasteiger partial charge in [-0.15, -0.1) is 0 Å². The number of pyridine rings is 1. The van der Waals surface area contributed by atoms with E-state index in [9.17, 15) is 9.90 Å². The molecule has 0 spiro atoms. The van der Waals surface area contributed by atoms with Gasteiger partial charge in [-0.2, -0.15) is 0 Å². The number of hydrogen-bond donors (Lipinski definition) is 1. The summed E-state index contributed by atoms with van der Waals surface area (Å²) in [4.78, 5) is 20.9. The Bertz CT molecular complexity index is 938. The molecule has 0 saturated heterocycles. The summed E-state index contributed by atoms with van der Waals surface area (Å²) in [5.41, 5.74) is 1.48. The van der Waals surface area contributed by atoms with Crippen LogP contribution < -0.4 is 5.56 Å². The fourth-order valence-corrected chi connectivity index (χ4v) is 2.74. The highest BCUT2D eigenvalue weighted by atomic mass is 35.5. The minimum Gasteiger partial charge on any atom is -0.504 e. The normalized spacial score (nSPS) is 11.0. The number of aryl methyl sites for hydroxylation is 1. The number of phenolic OH excluding ortho intramolecular Hbond substituents is 1. The largest absolute Gasteiger partial charge is 0.504 e. The summed E-state index contributed by atoms with van der Waals surface area (Å²) in [6, 6.07) is 5.08. The summed E-state index contributed by atoms with van der Waals surface area (Å²) in [5.74, 6) is -0.251. The molecule has 0 unspecified atom stereocenters. The number of aromatic hydroxyl groups is 1. The van der Waals surface area contributed by atoms with Crippen molar-refractivity contribution in [1.82, 2.24) is 14.5 Å². The van der Waals surface area contributed by atoms with Gasteiger partial charge in [0, 0.05) is 6.20 Å². The van der Waals surface area contributed by atoms with E-state index in [-0.39, 0.29) is 38.8 Å². The van der Waals surface area contributed by atoms with Crippen molar-refractivity contribution >= 4 is 34.1 Å². The fraction of sp³-hybridized carbons (Fsp3) is 0.133. The highest BCUT2D eigenvalue weighted by Crippen LogP contribution is 2.34. The number of benzene rings is 1. The van der Waals surface area contributed by atoms with E-state index in [0.717, 1.165) is 11.3 Å². The molecule has 2 heterocycles. The summed E-state index contributed by atoms with van der Waals surface area (Å²) in [6.45, 7) is 2.19. The van der Waals surface area contributed by atoms with Crippen molar-refractivity contribution in [2.24, 2.45) is 0 Å². The molecule has 0 radical (unpaired) electrons. The molecule has 3 aromatic rings. The number of nitrogens with zero attached hydrogens (tertiary/aromatic N) is 3. The van der Waals surface area contributed by atoms with Crippen molar-refractivity contribution < 1.29 is 5.11 Å². The molecule has 0 aliphatic rings. The van der Waals surface area contributed by atoms with Crippen molar-refractivity contribution in [1.29, 1.82) is 0 Å². The lowest BCUT2D eigenvalue weighted by Crippen LogP contribution is -2.22. The van der Waals surface area contributed by atoms with Crippen LogP contribution in [-0.2, 0) is 6.54 Å². The molecule has 2 aromatic heterocycles. The van der Waals surface area contributed by atoms with Crippen molar-refractivity contribution in [2.45, 2.75) is 13.5 Å². The molecular weight excluding hydrogens is 325 g/mol. The van der Waals surface area contributed by atoms with Gasteiger partial charge in [0.1, 0.15) is 5.52 Å². The Morgan fingerprint density at radius 3 is 2.77 bits per heavy atom. The first kappa shape index (κ1) is 14.8. The monoisotopic (exact) mass is 335 g/mol. The molecule has 0 aliphatic carbocycles. The summed E-state index contributed by atoms with van der Waals surface area (Å²) >= 11 is 11.9. The molecule has 0 saturated carbocycles. The van der Waals surface area contributed by atoms with Crippen LogP contribution in [0.15, 0.2) is 35.5 Å². The second-order valence-corrected chi connectivity index (χ2v) is 5.67. The van der Waals surface area contributed by atoms with Crippen LogP contribution in [0, 0.1) is 6.92 Å². The Morgan fingerprint density at radius 1 is 1.27 bits per heavy atom. The van der Waals surface area contributed by atoms with E-state index < -0.39 is 0 Å². The summed E-state index contributed by atoms with van der Waals surface area (Å²) in [5, 5.41) is 10.3. The molecule has 0 amide bonds. The summed E-state index contributed by atoms with van der Waals surface area (Å²) in [6.07, 6.45) is 3.02. The van der Waals surface area contributed by atoms with Crippen molar-refractivity contribution in [2.75, 3.05) is 0 Å². The molecule has 1 aromatic carbocycles. The van der Waals surface area contributed by atoms with Gasteiger partial charge in [0.05, 0.1) is 34.0 Å². The zero-order valence-corrected chi connectivity index (χ0v) is 13.1. The quantitative estimate of drug-likeness (QED) is 0.781. The van der Waals surface area contributed by atoms with E-state index in [1.54, 1.807) is 6.20 Å². The van der Waals surface area contributed by atoms with Gasteiger partial charge in [-0.3, -0.25) is 14.3 Å². The molecule has 22 heavy (non-hydrogen) atoms. The standard InChI is InChI=1S/C15H11Cl2N3O2/c1-8-3-2-4-18-11(8)6-20-7-19-13-12(15(20)22)9(16)5-10(17)14(13)21/h2-5,7,21H,6H2,1H3. The minimum absolute atomic E-state index is 0.0581. The number of phenols is 1. The molecule has 0 bridgehead atoms. The molecular formula is C15H11Cl2N3O2. The van der Waals surface area contributed by atoms with Crippen LogP contribution in [0.25, 0.3) is 10.9 Å². The molecule has 0 atom stereocenters. The van der Waals surface area contributed by atoms with Crippen LogP contribution in [-0.4, -0.2) is 19.6 Å². The predicted octanol–water partition coefficient (Wildman–Crippen LogP) is 3.16. The zero-order valence-electron chi connectivity index (χ0n) is 11.5. The molecule has 112 valence electrons. The fourth-order valence-electron chi connectivity index (χ4n) is 2.21. The van der Waals surface area contributed by atoms with Crippen LogP contribution in [0.1, 0.15) is 11.3 Å². The third-order valence-corrected chi connectivity index (χ3v) is 4.00. The average Bonchev–Trinajstić information content (AvgIpc) is 2.49. The Kier molecular flexibility index (Phi) is 3.76. The van der Waals surface area contributed by atoms with Crippen molar-refractivity contribution in [3.05, 3.63) is 62.4 Å². The molecule has 3 rings (SSSR count). The van der Waals surface area contributed by atoms with Gasteiger partial charge in [0.2, 0.25) is 0 Å². The first-order chi connectivity index (χ1) is 10.5. The van der Waals surface area contributed by atoms with Crippen LogP contribution in [0.5, 0.6) is 5.75 Å². The lowest BCUT2D eigenvalue weighted by molar-refractivity contribution is 0.480. The zero-order chi connectivity index (χ0) is 15.9. The SMILES string of the molecule is Cc1cccnc1Cn1cnc2c(O)c(Cl)cc(Cl)c2c1=O. The van der Waals surface area contributed by atoms with Gasteiger partial charge in [-0.25, -0.2) is 4.98 Å². The van der Waals surface area contributed by atoms with E-state index in [1.807, 2.05) is 19.1 Å². The summed E-state index contributed by atoms with van der Waals surface area (Å²) < 4.78 is 1.40. The molecule has 0 fully saturated rings. The molecule has 7 heteroatoms. The topological polar surface area (TPSA) is 68.0 Å². The molecule has 0 aliphatic heterocycles. The number of fused-ring (bicyclic) bond motifs is 1. The Balaban J connectivity index is 2.20. The maximum absolute atomic E-state index is 12.6. The van der Waals surface area contributed by atoms with Gasteiger partial charge in [-0.05, 0) is 24.6 Å². The smallest absolute Gasteiger partial charge is 0.263 e. The average molecular weight is 336 g/mol. The number of rotatable bonds is 2. The first-order valence-corrected chi connectivity index (χ1v) is 7.21. The third-order valence-electron chi connectivity index (χ3n) is 3.42. The maximum atomic E-state index is 12.6. The lowest BCUT2D eigenvalue weighted by Gasteiger charge is -2.10. The van der Waals surface area contributed by atoms with Gasteiger partial charge in [0.25, 0.3) is 5.56 Å². The van der Waals surface area contributed by atoms with Crippen LogP contribution in [0.4, 0.5) is 0 Å². The van der Waals surface area contributed by atoms with Crippen LogP contribution >= 0.6 is 23.2 Å². The van der Waals surface area contributed by atoms with Gasteiger partial charge in [-0.1, -0.05) is 29.3 Å². The van der Waals surface area contributed by atoms with Crippen LogP contribution in [0.2, 0.25) is 10.0 Å². The van der Waals surface area contributed by atoms with Crippen molar-refractivity contribution in [3.8, 4) is 5.75 Å². The number of hydrogen-bond acceptors (Lipinski definition) is 4. The highest BCUT2D eigenvalue weighted by Gasteiger charge is 2.15. The highest BCUT2D eigenvalue weighted by molar-refractivity contribution is 6.39. The summed E-state index contributed by atoms with van der Waals surface area (Å²) in [7, 11) is 0. The van der Waals surface area contributed by atoms with Gasteiger partial charge in [0.15, 0.2) is 5.75 Å². The number of halogens is 2. The van der Waals surface area contributed by atoms with Gasteiger partial charge >= 0.3 is 0 Å². The Hall–Kier alpha value is -2.11. The van der Waals surface area contributed by atoms with Crippen LogP contribution in [0.3, 0.4) is 0 Å². The molecule has 1 N–H and O–H groups in total. The second kappa shape index (κ2) is 5.59. The van der Waals surface area contributed by atoms with E-state index in [2.05, 4.69) is 9.97 Å². The molecule has 5 nitrogen and oxygen atoms in total. The van der Waals surface area contributed by atoms with E-state index in [0.29, 0.717) is 0 Å². The Labute approximate surface area is 135 Å². The van der Waals surface area contributed by atoms with Gasteiger partial charge < -0.3 is 5.11 Å². The minimum atomic E-state index is -0.355. The Morgan fingerprint density at radius 2 is 2.05 bits per heavy atom. The maximum Gasteiger partial charge on any atom is 0.263 e. The van der Waals surface area contributed by atoms with E-state index in [4.69, 9.17) is 23.2 Å². The third kappa shape index (κ3) is 2.42. The predicted molar refractivity (Wildman–Crippen MR) is 85.8 cm³/mol. The van der Waals surface area contributed by atoms with E-state index >= 15 is 0 Å². The second-order valence-electron chi connectivity index (χ2n) is 4.86.